The van der Waals surface area contributed by atoms with Crippen LogP contribution >= 0.6 is 0 Å². The van der Waals surface area contributed by atoms with Gasteiger partial charge in [-0.25, -0.2) is 4.79 Å². The maximum atomic E-state index is 13.1. The van der Waals surface area contributed by atoms with E-state index in [-0.39, 0.29) is 37.1 Å². The number of hydrogen-bond donors (Lipinski definition) is 3. The van der Waals surface area contributed by atoms with E-state index in [2.05, 4.69) is 10.6 Å². The van der Waals surface area contributed by atoms with Crippen molar-refractivity contribution in [2.45, 2.75) is 31.7 Å². The van der Waals surface area contributed by atoms with E-state index in [0.29, 0.717) is 23.5 Å². The molecule has 5 rings (SSSR count). The molecule has 4 amide bonds. The Morgan fingerprint density at radius 1 is 0.864 bits per heavy atom. The fraction of sp³-hybridized carbons (Fsp3) is 0.200. The molecule has 0 saturated heterocycles. The number of aliphatic carboxylic acids is 1. The number of carboxylic acids is 1. The number of nitrogens with one attached hydrogen (secondary N) is 2. The average molecular weight is 591 g/mol. The van der Waals surface area contributed by atoms with Crippen LogP contribution in [0.2, 0.25) is 0 Å². The van der Waals surface area contributed by atoms with Crippen LogP contribution in [0.15, 0.2) is 103 Å². The third kappa shape index (κ3) is 7.30. The Hall–Kier alpha value is -5.44. The Labute approximate surface area is 256 Å². The van der Waals surface area contributed by atoms with Gasteiger partial charge in [0.25, 0.3) is 5.91 Å². The van der Waals surface area contributed by atoms with Gasteiger partial charge in [-0.1, -0.05) is 60.7 Å². The number of carbonyl (C=O) groups excluding carboxylic acids is 3. The van der Waals surface area contributed by atoms with Crippen molar-refractivity contribution in [2.24, 2.45) is 0 Å². The average Bonchev–Trinajstić information content (AvgIpc) is 3.48. The highest BCUT2D eigenvalue weighted by atomic mass is 16.4. The van der Waals surface area contributed by atoms with Gasteiger partial charge in [0.15, 0.2) is 0 Å². The number of carboxylic acid groups (broad SMARTS) is 1. The minimum Gasteiger partial charge on any atom is -0.481 e. The van der Waals surface area contributed by atoms with Crippen molar-refractivity contribution in [2.75, 3.05) is 28.7 Å². The van der Waals surface area contributed by atoms with Crippen LogP contribution in [0.25, 0.3) is 0 Å². The molecule has 1 unspecified atom stereocenters. The van der Waals surface area contributed by atoms with Crippen molar-refractivity contribution < 1.29 is 24.3 Å². The number of rotatable bonds is 10. The van der Waals surface area contributed by atoms with E-state index < -0.39 is 12.0 Å². The molecule has 1 heterocycles. The predicted molar refractivity (Wildman–Crippen MR) is 170 cm³/mol. The summed E-state index contributed by atoms with van der Waals surface area (Å²) in [4.78, 5) is 53.2. The van der Waals surface area contributed by atoms with Gasteiger partial charge in [-0.3, -0.25) is 19.3 Å². The lowest BCUT2D eigenvalue weighted by Crippen LogP contribution is -2.33. The van der Waals surface area contributed by atoms with Gasteiger partial charge in [-0.2, -0.15) is 0 Å². The highest BCUT2D eigenvalue weighted by Gasteiger charge is 2.24. The monoisotopic (exact) mass is 590 g/mol. The molecule has 9 heteroatoms. The Kier molecular flexibility index (Phi) is 9.34. The van der Waals surface area contributed by atoms with E-state index in [1.165, 1.54) is 0 Å². The summed E-state index contributed by atoms with van der Waals surface area (Å²) in [6.45, 7) is 0.635. The summed E-state index contributed by atoms with van der Waals surface area (Å²) >= 11 is 0. The molecular formula is C35H34N4O5. The van der Waals surface area contributed by atoms with E-state index in [1.54, 1.807) is 77.5 Å². The molecule has 1 aliphatic heterocycles. The fourth-order valence-electron chi connectivity index (χ4n) is 5.23. The Morgan fingerprint density at radius 2 is 1.55 bits per heavy atom. The number of carbonyl (C=O) groups is 4. The third-order valence-electron chi connectivity index (χ3n) is 7.74. The van der Waals surface area contributed by atoms with Crippen LogP contribution in [-0.4, -0.2) is 42.5 Å². The van der Waals surface area contributed by atoms with E-state index in [0.717, 1.165) is 28.8 Å². The summed E-state index contributed by atoms with van der Waals surface area (Å²) in [7, 11) is 1.69. The van der Waals surface area contributed by atoms with Gasteiger partial charge in [0, 0.05) is 42.6 Å². The molecule has 4 aromatic carbocycles. The third-order valence-corrected chi connectivity index (χ3v) is 7.74. The maximum Gasteiger partial charge on any atom is 0.326 e. The van der Waals surface area contributed by atoms with Gasteiger partial charge in [0.1, 0.15) is 0 Å². The zero-order valence-electron chi connectivity index (χ0n) is 24.4. The SMILES string of the molecule is CN(C(=O)Cc1ccc(NC(=O)N2CCc3ccccc32)cc1)c1ccc(C(CCC(=O)O)NC(=O)c2ccccc2)cc1. The lowest BCUT2D eigenvalue weighted by Gasteiger charge is -2.21. The zero-order valence-corrected chi connectivity index (χ0v) is 24.4. The van der Waals surface area contributed by atoms with Crippen molar-refractivity contribution in [3.63, 3.8) is 0 Å². The van der Waals surface area contributed by atoms with E-state index in [4.69, 9.17) is 0 Å². The van der Waals surface area contributed by atoms with Crippen LogP contribution in [0.1, 0.15) is 45.9 Å². The molecule has 1 atom stereocenters. The highest BCUT2D eigenvalue weighted by molar-refractivity contribution is 6.03. The zero-order chi connectivity index (χ0) is 31.1. The molecular weight excluding hydrogens is 556 g/mol. The molecule has 224 valence electrons. The maximum absolute atomic E-state index is 13.1. The van der Waals surface area contributed by atoms with Gasteiger partial charge in [0.05, 0.1) is 12.5 Å². The second-order valence-electron chi connectivity index (χ2n) is 10.7. The second-order valence-corrected chi connectivity index (χ2v) is 10.7. The molecule has 44 heavy (non-hydrogen) atoms. The molecule has 9 nitrogen and oxygen atoms in total. The summed E-state index contributed by atoms with van der Waals surface area (Å²) in [5.41, 5.74) is 5.44. The van der Waals surface area contributed by atoms with Crippen LogP contribution in [0, 0.1) is 0 Å². The van der Waals surface area contributed by atoms with Crippen molar-refractivity contribution in [1.29, 1.82) is 0 Å². The van der Waals surface area contributed by atoms with Crippen molar-refractivity contribution in [1.82, 2.24) is 5.32 Å². The molecule has 4 aromatic rings. The summed E-state index contributed by atoms with van der Waals surface area (Å²) in [5.74, 6) is -1.36. The van der Waals surface area contributed by atoms with Crippen LogP contribution in [-0.2, 0) is 22.4 Å². The molecule has 0 aliphatic carbocycles. The van der Waals surface area contributed by atoms with Gasteiger partial charge in [0.2, 0.25) is 5.91 Å². The predicted octanol–water partition coefficient (Wildman–Crippen LogP) is 5.82. The Balaban J connectivity index is 1.18. The van der Waals surface area contributed by atoms with E-state index in [9.17, 15) is 24.3 Å². The topological polar surface area (TPSA) is 119 Å². The number of likely N-dealkylation sites (N-methyl/N-ethyl adjacent to an activating group) is 1. The number of amides is 4. The molecule has 0 saturated carbocycles. The van der Waals surface area contributed by atoms with Crippen LogP contribution in [0.5, 0.6) is 0 Å². The van der Waals surface area contributed by atoms with Crippen molar-refractivity contribution in [3.05, 3.63) is 125 Å². The second kappa shape index (κ2) is 13.7. The molecule has 0 fully saturated rings. The quantitative estimate of drug-likeness (QED) is 0.215. The molecule has 0 spiro atoms. The van der Waals surface area contributed by atoms with Gasteiger partial charge < -0.3 is 20.6 Å². The van der Waals surface area contributed by atoms with Crippen molar-refractivity contribution >= 4 is 40.9 Å². The Bertz CT molecular complexity index is 1640. The van der Waals surface area contributed by atoms with Crippen LogP contribution < -0.4 is 20.4 Å². The smallest absolute Gasteiger partial charge is 0.326 e. The minimum atomic E-state index is -0.946. The lowest BCUT2D eigenvalue weighted by molar-refractivity contribution is -0.137. The first-order valence-electron chi connectivity index (χ1n) is 14.5. The van der Waals surface area contributed by atoms with E-state index in [1.807, 2.05) is 42.5 Å². The molecule has 0 bridgehead atoms. The lowest BCUT2D eigenvalue weighted by atomic mass is 10.0. The summed E-state index contributed by atoms with van der Waals surface area (Å²) in [6, 6.07) is 30.3. The minimum absolute atomic E-state index is 0.103. The standard InChI is InChI=1S/C35H34N4O5/c1-38(29-17-13-25(14-18-29)30(19-20-33(41)42)37-34(43)27-8-3-2-4-9-27)32(40)23-24-11-15-28(16-12-24)36-35(44)39-22-21-26-7-5-6-10-31(26)39/h2-18,30H,19-23H2,1H3,(H,36,44)(H,37,43)(H,41,42). The number of urea groups is 1. The van der Waals surface area contributed by atoms with Crippen LogP contribution in [0.3, 0.4) is 0 Å². The number of anilines is 3. The normalized spacial score (nSPS) is 12.6. The first-order valence-corrected chi connectivity index (χ1v) is 14.5. The van der Waals surface area contributed by atoms with Gasteiger partial charge in [-0.05, 0) is 72.0 Å². The summed E-state index contributed by atoms with van der Waals surface area (Å²) in [6.07, 6.45) is 1.12. The summed E-state index contributed by atoms with van der Waals surface area (Å²) in [5, 5.41) is 15.1. The largest absolute Gasteiger partial charge is 0.481 e. The van der Waals surface area contributed by atoms with Gasteiger partial charge in [-0.15, -0.1) is 0 Å². The van der Waals surface area contributed by atoms with Gasteiger partial charge >= 0.3 is 12.0 Å². The fourth-order valence-corrected chi connectivity index (χ4v) is 5.23. The van der Waals surface area contributed by atoms with Crippen LogP contribution in [0.4, 0.5) is 21.9 Å². The number of benzene rings is 4. The van der Waals surface area contributed by atoms with Crippen molar-refractivity contribution in [3.8, 4) is 0 Å². The Morgan fingerprint density at radius 3 is 2.25 bits per heavy atom. The number of para-hydroxylation sites is 1. The number of fused-ring (bicyclic) bond motifs is 1. The van der Waals surface area contributed by atoms with E-state index >= 15 is 0 Å². The first kappa shape index (κ1) is 30.0. The molecule has 0 radical (unpaired) electrons. The highest BCUT2D eigenvalue weighted by Crippen LogP contribution is 2.28. The number of nitrogens with zero attached hydrogens (tertiary/aromatic N) is 2. The molecule has 1 aliphatic rings. The first-order chi connectivity index (χ1) is 21.3. The summed E-state index contributed by atoms with van der Waals surface area (Å²) < 4.78 is 0. The molecule has 3 N–H and O–H groups in total. The number of hydrogen-bond acceptors (Lipinski definition) is 4. The molecule has 0 aromatic heterocycles.